The minimum Gasteiger partial charge on any atom is -0.351 e. The number of nitrogens with one attached hydrogen (secondary N) is 1. The smallest absolute Gasteiger partial charge is 0.268 e. The third-order valence-electron chi connectivity index (χ3n) is 6.38. The maximum Gasteiger partial charge on any atom is 0.268 e. The second kappa shape index (κ2) is 9.41. The van der Waals surface area contributed by atoms with Crippen LogP contribution in [-0.2, 0) is 10.0 Å². The summed E-state index contributed by atoms with van der Waals surface area (Å²) in [6.07, 6.45) is 2.49. The van der Waals surface area contributed by atoms with E-state index in [-0.39, 0.29) is 21.9 Å². The van der Waals surface area contributed by atoms with Gasteiger partial charge in [0.1, 0.15) is 10.7 Å². The summed E-state index contributed by atoms with van der Waals surface area (Å²) in [5.74, 6) is 0.0765. The van der Waals surface area contributed by atoms with Crippen LogP contribution in [0.4, 0.5) is 5.82 Å². The minimum absolute atomic E-state index is 0.00823. The molecule has 3 aromatic rings. The molecule has 1 aliphatic heterocycles. The molecule has 4 rings (SSSR count). The van der Waals surface area contributed by atoms with Gasteiger partial charge in [0.05, 0.1) is 17.0 Å². The van der Waals surface area contributed by atoms with E-state index in [4.69, 9.17) is 4.98 Å². The molecule has 1 fully saturated rings. The van der Waals surface area contributed by atoms with Gasteiger partial charge in [0.15, 0.2) is 0 Å². The lowest BCUT2D eigenvalue weighted by Crippen LogP contribution is -2.41. The van der Waals surface area contributed by atoms with Crippen LogP contribution in [0.25, 0.3) is 11.3 Å². The summed E-state index contributed by atoms with van der Waals surface area (Å²) in [6.45, 7) is 10.9. The number of pyridine rings is 2. The molecule has 184 valence electrons. The Labute approximate surface area is 207 Å². The van der Waals surface area contributed by atoms with Crippen molar-refractivity contribution in [1.82, 2.24) is 14.7 Å². The molecule has 0 radical (unpaired) electrons. The first-order chi connectivity index (χ1) is 16.5. The molecule has 35 heavy (non-hydrogen) atoms. The molecule has 1 N–H and O–H groups in total. The Balaban J connectivity index is 1.77. The van der Waals surface area contributed by atoms with Crippen LogP contribution in [0.15, 0.2) is 65.7 Å². The van der Waals surface area contributed by atoms with Crippen molar-refractivity contribution in [2.45, 2.75) is 57.4 Å². The maximum absolute atomic E-state index is 13.5. The summed E-state index contributed by atoms with van der Waals surface area (Å²) in [4.78, 5) is 24.7. The van der Waals surface area contributed by atoms with Crippen LogP contribution < -0.4 is 9.62 Å². The van der Waals surface area contributed by atoms with Crippen molar-refractivity contribution in [3.63, 3.8) is 0 Å². The highest BCUT2D eigenvalue weighted by molar-refractivity contribution is 7.90. The van der Waals surface area contributed by atoms with Crippen LogP contribution in [0.3, 0.4) is 0 Å². The predicted molar refractivity (Wildman–Crippen MR) is 138 cm³/mol. The van der Waals surface area contributed by atoms with E-state index < -0.39 is 15.9 Å². The van der Waals surface area contributed by atoms with Gasteiger partial charge in [0.25, 0.3) is 15.9 Å². The number of benzene rings is 1. The fraction of sp³-hybridized carbons (Fsp3) is 0.370. The average Bonchev–Trinajstić information content (AvgIpc) is 3.10. The quantitative estimate of drug-likeness (QED) is 0.520. The number of nitrogens with zero attached hydrogens (tertiary/aromatic N) is 3. The van der Waals surface area contributed by atoms with Gasteiger partial charge in [-0.1, -0.05) is 51.1 Å². The van der Waals surface area contributed by atoms with E-state index in [1.807, 2.05) is 44.2 Å². The van der Waals surface area contributed by atoms with Gasteiger partial charge in [-0.05, 0) is 56.4 Å². The van der Waals surface area contributed by atoms with Crippen LogP contribution in [0.5, 0.6) is 0 Å². The van der Waals surface area contributed by atoms with E-state index in [1.54, 1.807) is 24.4 Å². The second-order valence-electron chi connectivity index (χ2n) is 10.1. The highest BCUT2D eigenvalue weighted by Crippen LogP contribution is 2.38. The number of hydrogen-bond acceptors (Lipinski definition) is 6. The summed E-state index contributed by atoms with van der Waals surface area (Å²) in [5.41, 5.74) is 2.06. The van der Waals surface area contributed by atoms with Crippen molar-refractivity contribution < 1.29 is 13.2 Å². The Morgan fingerprint density at radius 3 is 2.43 bits per heavy atom. The van der Waals surface area contributed by atoms with E-state index in [1.165, 1.54) is 6.07 Å². The van der Waals surface area contributed by atoms with E-state index in [2.05, 4.69) is 35.4 Å². The highest BCUT2D eigenvalue weighted by Gasteiger charge is 2.39. The van der Waals surface area contributed by atoms with Gasteiger partial charge in [0, 0.05) is 23.8 Å². The van der Waals surface area contributed by atoms with Crippen LogP contribution in [0.2, 0.25) is 0 Å². The topological polar surface area (TPSA) is 92.3 Å². The number of aromatic nitrogens is 2. The Morgan fingerprint density at radius 1 is 1.09 bits per heavy atom. The van der Waals surface area contributed by atoms with Crippen LogP contribution in [0, 0.1) is 5.92 Å². The maximum atomic E-state index is 13.5. The molecule has 0 aliphatic carbocycles. The Bertz CT molecular complexity index is 1340. The molecule has 0 unspecified atom stereocenters. The predicted octanol–water partition coefficient (Wildman–Crippen LogP) is 5.01. The molecular formula is C27H32N4O3S. The van der Waals surface area contributed by atoms with Crippen molar-refractivity contribution in [3.05, 3.63) is 72.1 Å². The summed E-state index contributed by atoms with van der Waals surface area (Å²) < 4.78 is 28.7. The van der Waals surface area contributed by atoms with Gasteiger partial charge in [-0.25, -0.2) is 18.1 Å². The van der Waals surface area contributed by atoms with Crippen LogP contribution in [0.1, 0.15) is 63.0 Å². The summed E-state index contributed by atoms with van der Waals surface area (Å²) in [5, 5.41) is 0. The molecule has 7 nitrogen and oxygen atoms in total. The monoisotopic (exact) mass is 492 g/mol. The molecule has 1 aliphatic rings. The molecule has 2 aromatic heterocycles. The lowest BCUT2D eigenvalue weighted by atomic mass is 9.97. The van der Waals surface area contributed by atoms with Gasteiger partial charge >= 0.3 is 0 Å². The first-order valence-corrected chi connectivity index (χ1v) is 13.3. The number of amides is 1. The minimum atomic E-state index is -4.13. The van der Waals surface area contributed by atoms with Crippen molar-refractivity contribution in [3.8, 4) is 11.3 Å². The Kier molecular flexibility index (Phi) is 6.68. The first-order valence-electron chi connectivity index (χ1n) is 11.9. The first kappa shape index (κ1) is 24.9. The third-order valence-corrected chi connectivity index (χ3v) is 7.76. The van der Waals surface area contributed by atoms with Crippen LogP contribution in [-0.4, -0.2) is 36.4 Å². The van der Waals surface area contributed by atoms with E-state index in [0.717, 1.165) is 24.2 Å². The Morgan fingerprint density at radius 2 is 1.80 bits per heavy atom. The molecule has 1 aromatic carbocycles. The van der Waals surface area contributed by atoms with Crippen LogP contribution >= 0.6 is 0 Å². The van der Waals surface area contributed by atoms with Gasteiger partial charge in [-0.3, -0.25) is 9.78 Å². The standard InChI is InChI=1S/C27H32N4O3S/c1-18(2)24-23(12-9-15-28-24)35(33,34)30-26(32)21-13-14-22(20-10-7-6-8-11-20)29-25(21)31-17-19(3)16-27(31,4)5/h6-15,18-19H,16-17H2,1-5H3,(H,30,32)/t19-/m0/s1. The zero-order valence-corrected chi connectivity index (χ0v) is 21.6. The number of carbonyl (C=O) groups is 1. The molecule has 0 saturated carbocycles. The average molecular weight is 493 g/mol. The molecule has 1 amide bonds. The highest BCUT2D eigenvalue weighted by atomic mass is 32.2. The fourth-order valence-corrected chi connectivity index (χ4v) is 6.14. The number of rotatable bonds is 6. The molecule has 1 saturated heterocycles. The summed E-state index contributed by atoms with van der Waals surface area (Å²) >= 11 is 0. The van der Waals surface area contributed by atoms with E-state index >= 15 is 0 Å². The van der Waals surface area contributed by atoms with Crippen molar-refractivity contribution in [1.29, 1.82) is 0 Å². The van der Waals surface area contributed by atoms with Crippen molar-refractivity contribution in [2.24, 2.45) is 5.92 Å². The zero-order valence-electron chi connectivity index (χ0n) is 20.8. The number of sulfonamides is 1. The normalized spacial score (nSPS) is 17.5. The van der Waals surface area contributed by atoms with E-state index in [9.17, 15) is 13.2 Å². The number of anilines is 1. The zero-order chi connectivity index (χ0) is 25.4. The molecular weight excluding hydrogens is 460 g/mol. The largest absolute Gasteiger partial charge is 0.351 e. The van der Waals surface area contributed by atoms with Crippen molar-refractivity contribution in [2.75, 3.05) is 11.4 Å². The lowest BCUT2D eigenvalue weighted by molar-refractivity contribution is 0.0981. The lowest BCUT2D eigenvalue weighted by Gasteiger charge is -2.34. The molecule has 8 heteroatoms. The Hall–Kier alpha value is -3.26. The second-order valence-corrected chi connectivity index (χ2v) is 11.8. The SMILES string of the molecule is CC(C)c1ncccc1S(=O)(=O)NC(=O)c1ccc(-c2ccccc2)nc1N1C[C@@H](C)CC1(C)C. The van der Waals surface area contributed by atoms with Gasteiger partial charge in [-0.15, -0.1) is 0 Å². The van der Waals surface area contributed by atoms with E-state index in [0.29, 0.717) is 17.4 Å². The molecule has 0 bridgehead atoms. The third kappa shape index (κ3) is 5.07. The summed E-state index contributed by atoms with van der Waals surface area (Å²) in [6, 6.07) is 16.2. The fourth-order valence-electron chi connectivity index (χ4n) is 4.86. The van der Waals surface area contributed by atoms with Gasteiger partial charge < -0.3 is 4.90 Å². The molecule has 1 atom stereocenters. The van der Waals surface area contributed by atoms with Crippen molar-refractivity contribution >= 4 is 21.7 Å². The molecule has 0 spiro atoms. The summed E-state index contributed by atoms with van der Waals surface area (Å²) in [7, 11) is -4.13. The van der Waals surface area contributed by atoms with Gasteiger partial charge in [-0.2, -0.15) is 0 Å². The van der Waals surface area contributed by atoms with Gasteiger partial charge in [0.2, 0.25) is 0 Å². The molecule has 3 heterocycles. The number of carbonyl (C=O) groups excluding carboxylic acids is 1. The number of hydrogen-bond donors (Lipinski definition) is 1.